The Morgan fingerprint density at radius 2 is 1.91 bits per heavy atom. The van der Waals surface area contributed by atoms with Crippen LogP contribution >= 0.6 is 0 Å². The Balaban J connectivity index is 1.75. The van der Waals surface area contributed by atoms with Crippen molar-refractivity contribution in [3.05, 3.63) is 35.9 Å². The summed E-state index contributed by atoms with van der Waals surface area (Å²) in [5.74, 6) is 0.862. The van der Waals surface area contributed by atoms with Crippen LogP contribution in [-0.4, -0.2) is 44.4 Å². The Kier molecular flexibility index (Phi) is 5.88. The summed E-state index contributed by atoms with van der Waals surface area (Å²) < 4.78 is 11.5. The lowest BCUT2D eigenvalue weighted by Gasteiger charge is -2.43. The first kappa shape index (κ1) is 16.0. The van der Waals surface area contributed by atoms with Crippen molar-refractivity contribution in [3.8, 4) is 0 Å². The zero-order chi connectivity index (χ0) is 15.2. The molecule has 3 nitrogen and oxygen atoms in total. The summed E-state index contributed by atoms with van der Waals surface area (Å²) in [5, 5.41) is 0. The molecule has 1 saturated heterocycles. The Labute approximate surface area is 134 Å². The normalized spacial score (nSPS) is 27.9. The van der Waals surface area contributed by atoms with Crippen LogP contribution in [-0.2, 0) is 9.47 Å². The molecule has 1 saturated carbocycles. The number of benzene rings is 1. The SMILES string of the molecule is COC[C@@H]1OCCN(CC2CCCCC2)[C@H]1c1ccccc1. The van der Waals surface area contributed by atoms with Crippen LogP contribution in [0.5, 0.6) is 0 Å². The van der Waals surface area contributed by atoms with E-state index < -0.39 is 0 Å². The first-order valence-electron chi connectivity index (χ1n) is 8.78. The van der Waals surface area contributed by atoms with Crippen LogP contribution in [0.3, 0.4) is 0 Å². The summed E-state index contributed by atoms with van der Waals surface area (Å²) in [4.78, 5) is 2.65. The standard InChI is InChI=1S/C19H29NO2/c1-21-15-18-19(17-10-6-3-7-11-17)20(12-13-22-18)14-16-8-4-2-5-9-16/h3,6-7,10-11,16,18-19H,2,4-5,8-9,12-15H2,1H3/t18-,19-/m0/s1. The van der Waals surface area contributed by atoms with Gasteiger partial charge in [0.2, 0.25) is 0 Å². The lowest BCUT2D eigenvalue weighted by Crippen LogP contribution is -2.48. The molecule has 0 N–H and O–H groups in total. The summed E-state index contributed by atoms with van der Waals surface area (Å²) in [5.41, 5.74) is 1.36. The summed E-state index contributed by atoms with van der Waals surface area (Å²) in [7, 11) is 1.77. The topological polar surface area (TPSA) is 21.7 Å². The van der Waals surface area contributed by atoms with Crippen LogP contribution in [0.1, 0.15) is 43.7 Å². The number of hydrogen-bond acceptors (Lipinski definition) is 3. The van der Waals surface area contributed by atoms with Gasteiger partial charge >= 0.3 is 0 Å². The van der Waals surface area contributed by atoms with Crippen LogP contribution in [0.4, 0.5) is 0 Å². The molecule has 0 spiro atoms. The number of ether oxygens (including phenoxy) is 2. The molecule has 0 radical (unpaired) electrons. The van der Waals surface area contributed by atoms with Gasteiger partial charge in [0.15, 0.2) is 0 Å². The van der Waals surface area contributed by atoms with Gasteiger partial charge in [-0.1, -0.05) is 49.6 Å². The van der Waals surface area contributed by atoms with Crippen LogP contribution < -0.4 is 0 Å². The second kappa shape index (κ2) is 8.09. The average molecular weight is 303 g/mol. The van der Waals surface area contributed by atoms with E-state index in [-0.39, 0.29) is 6.10 Å². The fourth-order valence-electron chi connectivity index (χ4n) is 4.07. The first-order chi connectivity index (χ1) is 10.9. The van der Waals surface area contributed by atoms with E-state index in [4.69, 9.17) is 9.47 Å². The Morgan fingerprint density at radius 3 is 2.64 bits per heavy atom. The van der Waals surface area contributed by atoms with Crippen LogP contribution in [0.25, 0.3) is 0 Å². The molecule has 1 aromatic rings. The van der Waals surface area contributed by atoms with Gasteiger partial charge in [-0.15, -0.1) is 0 Å². The molecule has 2 atom stereocenters. The van der Waals surface area contributed by atoms with Gasteiger partial charge in [0.1, 0.15) is 6.10 Å². The van der Waals surface area contributed by atoms with Crippen LogP contribution in [0.15, 0.2) is 30.3 Å². The van der Waals surface area contributed by atoms with Crippen molar-refractivity contribution < 1.29 is 9.47 Å². The van der Waals surface area contributed by atoms with Gasteiger partial charge < -0.3 is 9.47 Å². The fraction of sp³-hybridized carbons (Fsp3) is 0.684. The minimum atomic E-state index is 0.143. The highest BCUT2D eigenvalue weighted by molar-refractivity contribution is 5.21. The molecule has 3 heteroatoms. The zero-order valence-electron chi connectivity index (χ0n) is 13.7. The van der Waals surface area contributed by atoms with E-state index in [1.54, 1.807) is 7.11 Å². The molecule has 1 aromatic carbocycles. The largest absolute Gasteiger partial charge is 0.382 e. The van der Waals surface area contributed by atoms with Gasteiger partial charge in [0, 0.05) is 20.2 Å². The third-order valence-corrected chi connectivity index (χ3v) is 5.15. The van der Waals surface area contributed by atoms with Crippen LogP contribution in [0, 0.1) is 5.92 Å². The lowest BCUT2D eigenvalue weighted by atomic mass is 9.87. The van der Waals surface area contributed by atoms with Gasteiger partial charge in [-0.05, 0) is 24.3 Å². The van der Waals surface area contributed by atoms with Crippen molar-refractivity contribution in [2.75, 3.05) is 33.4 Å². The van der Waals surface area contributed by atoms with E-state index in [1.165, 1.54) is 44.2 Å². The molecule has 0 amide bonds. The maximum absolute atomic E-state index is 6.04. The maximum atomic E-state index is 6.04. The van der Waals surface area contributed by atoms with Crippen molar-refractivity contribution >= 4 is 0 Å². The number of morpholine rings is 1. The molecule has 2 fully saturated rings. The number of methoxy groups -OCH3 is 1. The summed E-state index contributed by atoms with van der Waals surface area (Å²) >= 11 is 0. The quantitative estimate of drug-likeness (QED) is 0.828. The van der Waals surface area contributed by atoms with Crippen molar-refractivity contribution in [2.24, 2.45) is 5.92 Å². The highest BCUT2D eigenvalue weighted by atomic mass is 16.5. The fourth-order valence-corrected chi connectivity index (χ4v) is 4.07. The van der Waals surface area contributed by atoms with Crippen LogP contribution in [0.2, 0.25) is 0 Å². The Morgan fingerprint density at radius 1 is 1.14 bits per heavy atom. The van der Waals surface area contributed by atoms with E-state index in [0.717, 1.165) is 19.1 Å². The monoisotopic (exact) mass is 303 g/mol. The zero-order valence-corrected chi connectivity index (χ0v) is 13.7. The van der Waals surface area contributed by atoms with Gasteiger partial charge in [-0.3, -0.25) is 4.90 Å². The smallest absolute Gasteiger partial charge is 0.100 e. The van der Waals surface area contributed by atoms with Gasteiger partial charge in [-0.25, -0.2) is 0 Å². The molecule has 122 valence electrons. The summed E-state index contributed by atoms with van der Waals surface area (Å²) in [6.45, 7) is 3.74. The van der Waals surface area contributed by atoms with Crippen molar-refractivity contribution in [3.63, 3.8) is 0 Å². The number of nitrogens with zero attached hydrogens (tertiary/aromatic N) is 1. The van der Waals surface area contributed by atoms with Gasteiger partial charge in [-0.2, -0.15) is 0 Å². The molecule has 1 aliphatic carbocycles. The van der Waals surface area contributed by atoms with Crippen molar-refractivity contribution in [2.45, 2.75) is 44.2 Å². The molecule has 22 heavy (non-hydrogen) atoms. The molecule has 1 aliphatic heterocycles. The van der Waals surface area contributed by atoms with Gasteiger partial charge in [0.05, 0.1) is 19.3 Å². The summed E-state index contributed by atoms with van der Waals surface area (Å²) in [6.07, 6.45) is 7.18. The number of rotatable bonds is 5. The predicted octanol–water partition coefficient (Wildman–Crippen LogP) is 3.66. The second-order valence-corrected chi connectivity index (χ2v) is 6.72. The van der Waals surface area contributed by atoms with Crippen molar-refractivity contribution in [1.82, 2.24) is 4.90 Å². The lowest BCUT2D eigenvalue weighted by molar-refractivity contribution is -0.104. The third kappa shape index (κ3) is 3.89. The van der Waals surface area contributed by atoms with E-state index in [1.807, 2.05) is 0 Å². The molecule has 3 rings (SSSR count). The third-order valence-electron chi connectivity index (χ3n) is 5.15. The second-order valence-electron chi connectivity index (χ2n) is 6.72. The van der Waals surface area contributed by atoms with Gasteiger partial charge in [0.25, 0.3) is 0 Å². The van der Waals surface area contributed by atoms with Crippen molar-refractivity contribution in [1.29, 1.82) is 0 Å². The highest BCUT2D eigenvalue weighted by Crippen LogP contribution is 2.33. The maximum Gasteiger partial charge on any atom is 0.100 e. The molecule has 0 bridgehead atoms. The van der Waals surface area contributed by atoms with E-state index in [9.17, 15) is 0 Å². The molecular formula is C19H29NO2. The van der Waals surface area contributed by atoms with E-state index in [2.05, 4.69) is 35.2 Å². The Bertz CT molecular complexity index is 428. The molecular weight excluding hydrogens is 274 g/mol. The highest BCUT2D eigenvalue weighted by Gasteiger charge is 2.34. The minimum Gasteiger partial charge on any atom is -0.382 e. The first-order valence-corrected chi connectivity index (χ1v) is 8.78. The molecule has 1 heterocycles. The predicted molar refractivity (Wildman–Crippen MR) is 88.9 cm³/mol. The minimum absolute atomic E-state index is 0.143. The van der Waals surface area contributed by atoms with E-state index in [0.29, 0.717) is 12.6 Å². The average Bonchev–Trinajstić information content (AvgIpc) is 2.57. The Hall–Kier alpha value is -0.900. The van der Waals surface area contributed by atoms with E-state index >= 15 is 0 Å². The summed E-state index contributed by atoms with van der Waals surface area (Å²) in [6, 6.07) is 11.1. The number of hydrogen-bond donors (Lipinski definition) is 0. The molecule has 0 aromatic heterocycles. The molecule has 0 unspecified atom stereocenters. The molecule has 2 aliphatic rings.